The number of thioether (sulfide) groups is 1. The van der Waals surface area contributed by atoms with Crippen LogP contribution in [-0.4, -0.2) is 24.2 Å². The van der Waals surface area contributed by atoms with E-state index in [0.29, 0.717) is 0 Å². The van der Waals surface area contributed by atoms with Crippen molar-refractivity contribution in [3.05, 3.63) is 24.3 Å². The molecule has 0 aliphatic heterocycles. The van der Waals surface area contributed by atoms with Crippen LogP contribution < -0.4 is 10.1 Å². The van der Waals surface area contributed by atoms with Gasteiger partial charge in [-0.05, 0) is 31.2 Å². The summed E-state index contributed by atoms with van der Waals surface area (Å²) in [5, 5.41) is 12.8. The van der Waals surface area contributed by atoms with Gasteiger partial charge in [0.2, 0.25) is 0 Å². The molecule has 18 heavy (non-hydrogen) atoms. The molecule has 1 aliphatic carbocycles. The second kappa shape index (κ2) is 5.53. The third kappa shape index (κ3) is 2.28. The smallest absolute Gasteiger partial charge is 0.141 e. The Labute approximate surface area is 113 Å². The topological polar surface area (TPSA) is 45.0 Å². The summed E-state index contributed by atoms with van der Waals surface area (Å²) in [7, 11) is 1.65. The van der Waals surface area contributed by atoms with Crippen molar-refractivity contribution in [2.75, 3.05) is 18.7 Å². The largest absolute Gasteiger partial charge is 0.495 e. The molecule has 1 aromatic rings. The van der Waals surface area contributed by atoms with E-state index in [4.69, 9.17) is 4.74 Å². The summed E-state index contributed by atoms with van der Waals surface area (Å²) in [6, 6.07) is 9.98. The molecule has 2 rings (SSSR count). The highest BCUT2D eigenvalue weighted by molar-refractivity contribution is 8.00. The molecule has 0 heterocycles. The third-order valence-electron chi connectivity index (χ3n) is 3.67. The highest BCUT2D eigenvalue weighted by atomic mass is 32.2. The van der Waals surface area contributed by atoms with Crippen LogP contribution in [0.2, 0.25) is 0 Å². The number of nitrogens with one attached hydrogen (secondary N) is 1. The second-order valence-corrected chi connectivity index (χ2v) is 5.75. The Morgan fingerprint density at radius 1 is 1.44 bits per heavy atom. The molecule has 3 nitrogen and oxygen atoms in total. The van der Waals surface area contributed by atoms with Crippen LogP contribution in [0.5, 0.6) is 5.75 Å². The predicted octanol–water partition coefficient (Wildman–Crippen LogP) is 3.28. The zero-order valence-corrected chi connectivity index (χ0v) is 11.6. The average molecular weight is 262 g/mol. The molecular weight excluding hydrogens is 244 g/mol. The lowest BCUT2D eigenvalue weighted by molar-refractivity contribution is 0.349. The van der Waals surface area contributed by atoms with Gasteiger partial charge in [-0.1, -0.05) is 18.6 Å². The summed E-state index contributed by atoms with van der Waals surface area (Å²) in [4.78, 5) is 0. The molecule has 0 bridgehead atoms. The Balaban J connectivity index is 2.18. The molecular formula is C14H18N2OS. The van der Waals surface area contributed by atoms with E-state index < -0.39 is 0 Å². The highest BCUT2D eigenvalue weighted by Crippen LogP contribution is 2.46. The number of anilines is 1. The first-order valence-electron chi connectivity index (χ1n) is 6.10. The van der Waals surface area contributed by atoms with Gasteiger partial charge in [0, 0.05) is 4.75 Å². The summed E-state index contributed by atoms with van der Waals surface area (Å²) in [5.41, 5.74) is 0.895. The molecule has 0 aromatic heterocycles. The van der Waals surface area contributed by atoms with Gasteiger partial charge in [-0.2, -0.15) is 17.0 Å². The van der Waals surface area contributed by atoms with E-state index in [0.717, 1.165) is 24.3 Å². The minimum Gasteiger partial charge on any atom is -0.495 e. The molecule has 1 unspecified atom stereocenters. The number of rotatable bonds is 5. The van der Waals surface area contributed by atoms with Gasteiger partial charge in [-0.3, -0.25) is 0 Å². The van der Waals surface area contributed by atoms with Crippen LogP contribution in [0.3, 0.4) is 0 Å². The Morgan fingerprint density at radius 3 is 2.67 bits per heavy atom. The van der Waals surface area contributed by atoms with Crippen LogP contribution in [0, 0.1) is 11.3 Å². The van der Waals surface area contributed by atoms with E-state index in [2.05, 4.69) is 17.6 Å². The maximum Gasteiger partial charge on any atom is 0.141 e. The fraction of sp³-hybridized carbons (Fsp3) is 0.500. The maximum atomic E-state index is 9.42. The molecule has 1 aliphatic rings. The van der Waals surface area contributed by atoms with Gasteiger partial charge in [0.1, 0.15) is 11.8 Å². The van der Waals surface area contributed by atoms with Crippen molar-refractivity contribution in [1.29, 1.82) is 5.26 Å². The van der Waals surface area contributed by atoms with Crippen LogP contribution in [0.4, 0.5) is 5.69 Å². The molecule has 1 fully saturated rings. The highest BCUT2D eigenvalue weighted by Gasteiger charge is 2.44. The number of methoxy groups -OCH3 is 1. The molecule has 0 radical (unpaired) electrons. The van der Waals surface area contributed by atoms with Gasteiger partial charge in [-0.25, -0.2) is 0 Å². The Morgan fingerprint density at radius 2 is 2.17 bits per heavy atom. The van der Waals surface area contributed by atoms with Crippen LogP contribution in [0.1, 0.15) is 19.3 Å². The minimum absolute atomic E-state index is 0.0651. The fourth-order valence-corrected chi connectivity index (χ4v) is 3.38. The molecule has 96 valence electrons. The van der Waals surface area contributed by atoms with Crippen molar-refractivity contribution in [2.45, 2.75) is 30.1 Å². The van der Waals surface area contributed by atoms with Crippen LogP contribution in [0.25, 0.3) is 0 Å². The first kappa shape index (κ1) is 13.1. The Bertz CT molecular complexity index is 446. The van der Waals surface area contributed by atoms with Gasteiger partial charge in [0.25, 0.3) is 0 Å². The standard InChI is InChI=1S/C14H18N2OS/c1-17-12-7-4-3-6-11(12)16-13(10-15)14(18-2)8-5-9-14/h3-4,6-7,13,16H,5,8-9H2,1-2H3. The van der Waals surface area contributed by atoms with Gasteiger partial charge in [0.15, 0.2) is 0 Å². The summed E-state index contributed by atoms with van der Waals surface area (Å²) in [5.74, 6) is 0.785. The van der Waals surface area contributed by atoms with E-state index in [-0.39, 0.29) is 10.8 Å². The van der Waals surface area contributed by atoms with E-state index in [1.807, 2.05) is 24.3 Å². The predicted molar refractivity (Wildman–Crippen MR) is 76.1 cm³/mol. The zero-order chi connectivity index (χ0) is 13.0. The second-order valence-electron chi connectivity index (χ2n) is 4.53. The van der Waals surface area contributed by atoms with Crippen molar-refractivity contribution in [1.82, 2.24) is 0 Å². The van der Waals surface area contributed by atoms with Crippen molar-refractivity contribution in [3.63, 3.8) is 0 Å². The molecule has 1 saturated carbocycles. The minimum atomic E-state index is -0.169. The van der Waals surface area contributed by atoms with Gasteiger partial charge < -0.3 is 10.1 Å². The van der Waals surface area contributed by atoms with Crippen molar-refractivity contribution < 1.29 is 4.74 Å². The van der Waals surface area contributed by atoms with Crippen molar-refractivity contribution in [3.8, 4) is 11.8 Å². The molecule has 1 aromatic carbocycles. The van der Waals surface area contributed by atoms with E-state index in [9.17, 15) is 5.26 Å². The molecule has 0 saturated heterocycles. The Hall–Kier alpha value is -1.34. The first-order valence-corrected chi connectivity index (χ1v) is 7.32. The molecule has 1 N–H and O–H groups in total. The zero-order valence-electron chi connectivity index (χ0n) is 10.8. The van der Waals surface area contributed by atoms with E-state index in [1.54, 1.807) is 18.9 Å². The number of para-hydroxylation sites is 2. The van der Waals surface area contributed by atoms with Gasteiger partial charge in [-0.15, -0.1) is 0 Å². The van der Waals surface area contributed by atoms with Crippen LogP contribution in [-0.2, 0) is 0 Å². The number of nitriles is 1. The SMILES string of the molecule is COc1ccccc1NC(C#N)C1(SC)CCC1. The Kier molecular flexibility index (Phi) is 4.03. The molecule has 4 heteroatoms. The number of nitrogens with zero attached hydrogens (tertiary/aromatic N) is 1. The summed E-state index contributed by atoms with van der Waals surface area (Å²) < 4.78 is 5.38. The normalized spacial score (nSPS) is 18.3. The summed E-state index contributed by atoms with van der Waals surface area (Å²) >= 11 is 1.80. The van der Waals surface area contributed by atoms with Crippen LogP contribution >= 0.6 is 11.8 Å². The number of hydrogen-bond donors (Lipinski definition) is 1. The maximum absolute atomic E-state index is 9.42. The lowest BCUT2D eigenvalue weighted by Gasteiger charge is -2.44. The number of hydrogen-bond acceptors (Lipinski definition) is 4. The number of benzene rings is 1. The van der Waals surface area contributed by atoms with E-state index in [1.165, 1.54) is 6.42 Å². The number of ether oxygens (including phenoxy) is 1. The van der Waals surface area contributed by atoms with E-state index >= 15 is 0 Å². The van der Waals surface area contributed by atoms with Crippen LogP contribution in [0.15, 0.2) is 24.3 Å². The lowest BCUT2D eigenvalue weighted by atomic mass is 9.79. The average Bonchev–Trinajstić information content (AvgIpc) is 2.37. The first-order chi connectivity index (χ1) is 8.75. The fourth-order valence-electron chi connectivity index (χ4n) is 2.34. The molecule has 0 amide bonds. The third-order valence-corrected chi connectivity index (χ3v) is 5.13. The van der Waals surface area contributed by atoms with Gasteiger partial charge >= 0.3 is 0 Å². The summed E-state index contributed by atoms with van der Waals surface area (Å²) in [6.45, 7) is 0. The quantitative estimate of drug-likeness (QED) is 0.884. The van der Waals surface area contributed by atoms with Crippen molar-refractivity contribution in [2.24, 2.45) is 0 Å². The monoisotopic (exact) mass is 262 g/mol. The molecule has 1 atom stereocenters. The van der Waals surface area contributed by atoms with Crippen molar-refractivity contribution >= 4 is 17.4 Å². The van der Waals surface area contributed by atoms with Gasteiger partial charge in [0.05, 0.1) is 18.9 Å². The summed E-state index contributed by atoms with van der Waals surface area (Å²) in [6.07, 6.45) is 5.52. The molecule has 0 spiro atoms. The lowest BCUT2D eigenvalue weighted by Crippen LogP contribution is -2.48.